The first-order chi connectivity index (χ1) is 11.3. The minimum atomic E-state index is 0.0584. The summed E-state index contributed by atoms with van der Waals surface area (Å²) in [5.74, 6) is 3.21. The zero-order chi connectivity index (χ0) is 15.8. The fourth-order valence-corrected chi connectivity index (χ4v) is 3.36. The molecule has 2 aliphatic rings. The number of benzene rings is 1. The van der Waals surface area contributed by atoms with Crippen molar-refractivity contribution in [1.82, 2.24) is 20.1 Å². The van der Waals surface area contributed by atoms with Crippen molar-refractivity contribution in [1.29, 1.82) is 0 Å². The Hall–Kier alpha value is -2.37. The van der Waals surface area contributed by atoms with Gasteiger partial charge in [-0.15, -0.1) is 10.2 Å². The molecule has 0 unspecified atom stereocenters. The number of carbonyl (C=O) groups is 1. The summed E-state index contributed by atoms with van der Waals surface area (Å²) in [6, 6.07) is 7.98. The lowest BCUT2D eigenvalue weighted by Crippen LogP contribution is -2.26. The lowest BCUT2D eigenvalue weighted by molar-refractivity contribution is -0.122. The van der Waals surface area contributed by atoms with E-state index in [2.05, 4.69) is 26.1 Å². The van der Waals surface area contributed by atoms with Gasteiger partial charge in [0.1, 0.15) is 11.6 Å². The molecular weight excluding hydrogens is 292 g/mol. The predicted molar refractivity (Wildman–Crippen MR) is 84.0 cm³/mol. The van der Waals surface area contributed by atoms with Gasteiger partial charge in [0, 0.05) is 18.9 Å². The van der Waals surface area contributed by atoms with Crippen LogP contribution in [0.2, 0.25) is 0 Å². The van der Waals surface area contributed by atoms with E-state index in [1.165, 1.54) is 5.56 Å². The summed E-state index contributed by atoms with van der Waals surface area (Å²) in [4.78, 5) is 12.3. The van der Waals surface area contributed by atoms with Crippen molar-refractivity contribution >= 4 is 5.91 Å². The van der Waals surface area contributed by atoms with E-state index in [9.17, 15) is 4.79 Å². The van der Waals surface area contributed by atoms with Crippen LogP contribution in [0, 0.1) is 5.92 Å². The van der Waals surface area contributed by atoms with Crippen molar-refractivity contribution in [3.05, 3.63) is 41.5 Å². The van der Waals surface area contributed by atoms with Crippen molar-refractivity contribution in [2.24, 2.45) is 5.92 Å². The SMILES string of the molecule is COc1cccc([C@@H]2C[C@@H]2C(=O)NCc2nnc3n2CCC3)c1. The first-order valence-electron chi connectivity index (χ1n) is 8.09. The van der Waals surface area contributed by atoms with E-state index in [4.69, 9.17) is 4.74 Å². The monoisotopic (exact) mass is 312 g/mol. The molecule has 1 aliphatic carbocycles. The lowest BCUT2D eigenvalue weighted by Gasteiger charge is -2.06. The van der Waals surface area contributed by atoms with Crippen molar-refractivity contribution in [3.8, 4) is 5.75 Å². The highest BCUT2D eigenvalue weighted by Crippen LogP contribution is 2.48. The van der Waals surface area contributed by atoms with Crippen LogP contribution >= 0.6 is 0 Å². The zero-order valence-corrected chi connectivity index (χ0v) is 13.2. The Morgan fingerprint density at radius 3 is 3.22 bits per heavy atom. The van der Waals surface area contributed by atoms with E-state index in [0.717, 1.165) is 43.2 Å². The number of carbonyl (C=O) groups excluding carboxylic acids is 1. The fourth-order valence-electron chi connectivity index (χ4n) is 3.36. The molecule has 1 N–H and O–H groups in total. The molecule has 0 spiro atoms. The average molecular weight is 312 g/mol. The quantitative estimate of drug-likeness (QED) is 0.911. The highest BCUT2D eigenvalue weighted by atomic mass is 16.5. The molecule has 1 aromatic carbocycles. The normalized spacial score (nSPS) is 21.8. The summed E-state index contributed by atoms with van der Waals surface area (Å²) in [7, 11) is 1.66. The molecule has 1 saturated carbocycles. The molecule has 2 atom stereocenters. The van der Waals surface area contributed by atoms with Crippen molar-refractivity contribution in [2.75, 3.05) is 7.11 Å². The Kier molecular flexibility index (Phi) is 3.52. The zero-order valence-electron chi connectivity index (χ0n) is 13.2. The van der Waals surface area contributed by atoms with Gasteiger partial charge in [-0.1, -0.05) is 12.1 Å². The molecule has 4 rings (SSSR count). The van der Waals surface area contributed by atoms with Crippen molar-refractivity contribution in [2.45, 2.75) is 38.3 Å². The highest BCUT2D eigenvalue weighted by molar-refractivity contribution is 5.82. The summed E-state index contributed by atoms with van der Waals surface area (Å²) in [6.45, 7) is 1.43. The third-order valence-electron chi connectivity index (χ3n) is 4.76. The van der Waals surface area contributed by atoms with E-state index in [-0.39, 0.29) is 11.8 Å². The average Bonchev–Trinajstić information content (AvgIpc) is 3.09. The van der Waals surface area contributed by atoms with E-state index in [1.807, 2.05) is 18.2 Å². The molecule has 0 saturated heterocycles. The van der Waals surface area contributed by atoms with Crippen LogP contribution in [0.4, 0.5) is 0 Å². The number of nitrogens with zero attached hydrogens (tertiary/aromatic N) is 3. The van der Waals surface area contributed by atoms with Crippen LogP contribution in [-0.2, 0) is 24.3 Å². The second kappa shape index (κ2) is 5.68. The molecule has 120 valence electrons. The minimum Gasteiger partial charge on any atom is -0.497 e. The Morgan fingerprint density at radius 2 is 2.35 bits per heavy atom. The number of nitrogens with one attached hydrogen (secondary N) is 1. The summed E-state index contributed by atoms with van der Waals surface area (Å²) in [6.07, 6.45) is 3.00. The van der Waals surface area contributed by atoms with Gasteiger partial charge in [-0.2, -0.15) is 0 Å². The number of aromatic nitrogens is 3. The lowest BCUT2D eigenvalue weighted by atomic mass is 10.1. The molecule has 1 aliphatic heterocycles. The van der Waals surface area contributed by atoms with E-state index in [0.29, 0.717) is 12.5 Å². The van der Waals surface area contributed by atoms with Crippen LogP contribution in [0.3, 0.4) is 0 Å². The molecule has 2 heterocycles. The maximum absolute atomic E-state index is 12.3. The summed E-state index contributed by atoms with van der Waals surface area (Å²) in [5.41, 5.74) is 1.17. The summed E-state index contributed by atoms with van der Waals surface area (Å²) >= 11 is 0. The van der Waals surface area contributed by atoms with Crippen LogP contribution in [0.25, 0.3) is 0 Å². The third-order valence-corrected chi connectivity index (χ3v) is 4.76. The smallest absolute Gasteiger partial charge is 0.224 e. The van der Waals surface area contributed by atoms with Gasteiger partial charge in [-0.3, -0.25) is 4.79 Å². The van der Waals surface area contributed by atoms with Crippen LogP contribution in [-0.4, -0.2) is 27.8 Å². The number of methoxy groups -OCH3 is 1. The second-order valence-electron chi connectivity index (χ2n) is 6.23. The van der Waals surface area contributed by atoms with Crippen molar-refractivity contribution < 1.29 is 9.53 Å². The van der Waals surface area contributed by atoms with Gasteiger partial charge >= 0.3 is 0 Å². The molecule has 1 amide bonds. The summed E-state index contributed by atoms with van der Waals surface area (Å²) < 4.78 is 7.37. The van der Waals surface area contributed by atoms with Crippen LogP contribution in [0.5, 0.6) is 5.75 Å². The van der Waals surface area contributed by atoms with Gasteiger partial charge in [0.15, 0.2) is 5.82 Å². The molecule has 6 heteroatoms. The number of rotatable bonds is 5. The Balaban J connectivity index is 1.35. The van der Waals surface area contributed by atoms with Crippen molar-refractivity contribution in [3.63, 3.8) is 0 Å². The van der Waals surface area contributed by atoms with Crippen LogP contribution in [0.1, 0.15) is 36.0 Å². The van der Waals surface area contributed by atoms with Gasteiger partial charge in [0.05, 0.1) is 13.7 Å². The van der Waals surface area contributed by atoms with Gasteiger partial charge in [0.2, 0.25) is 5.91 Å². The molecule has 1 aromatic heterocycles. The van der Waals surface area contributed by atoms with Crippen LogP contribution in [0.15, 0.2) is 24.3 Å². The number of hydrogen-bond donors (Lipinski definition) is 1. The number of fused-ring (bicyclic) bond motifs is 1. The van der Waals surface area contributed by atoms with E-state index >= 15 is 0 Å². The van der Waals surface area contributed by atoms with Gasteiger partial charge in [-0.25, -0.2) is 0 Å². The molecule has 0 bridgehead atoms. The van der Waals surface area contributed by atoms with Crippen LogP contribution < -0.4 is 10.1 Å². The fraction of sp³-hybridized carbons (Fsp3) is 0.471. The van der Waals surface area contributed by atoms with E-state index < -0.39 is 0 Å². The Morgan fingerprint density at radius 1 is 1.43 bits per heavy atom. The molecule has 23 heavy (non-hydrogen) atoms. The number of aryl methyl sites for hydroxylation is 1. The Labute approximate surface area is 134 Å². The molecule has 0 radical (unpaired) electrons. The maximum Gasteiger partial charge on any atom is 0.224 e. The minimum absolute atomic E-state index is 0.0584. The van der Waals surface area contributed by atoms with Gasteiger partial charge in [-0.05, 0) is 36.5 Å². The van der Waals surface area contributed by atoms with E-state index in [1.54, 1.807) is 7.11 Å². The molecule has 2 aromatic rings. The summed E-state index contributed by atoms with van der Waals surface area (Å²) in [5, 5.41) is 11.3. The van der Waals surface area contributed by atoms with Gasteiger partial charge < -0.3 is 14.6 Å². The standard InChI is InChI=1S/C17H20N4O2/c1-23-12-5-2-4-11(8-12)13-9-14(13)17(22)18-10-16-20-19-15-6-3-7-21(15)16/h2,4-5,8,13-14H,3,6-7,9-10H2,1H3,(H,18,22)/t13-,14-/m0/s1. The predicted octanol–water partition coefficient (Wildman–Crippen LogP) is 1.65. The number of ether oxygens (including phenoxy) is 1. The topological polar surface area (TPSA) is 69.0 Å². The highest BCUT2D eigenvalue weighted by Gasteiger charge is 2.44. The molecular formula is C17H20N4O2. The maximum atomic E-state index is 12.3. The molecule has 6 nitrogen and oxygen atoms in total. The number of amides is 1. The largest absolute Gasteiger partial charge is 0.497 e. The number of hydrogen-bond acceptors (Lipinski definition) is 4. The Bertz CT molecular complexity index is 740. The first-order valence-corrected chi connectivity index (χ1v) is 8.09. The molecule has 1 fully saturated rings. The van der Waals surface area contributed by atoms with Gasteiger partial charge in [0.25, 0.3) is 0 Å². The third kappa shape index (κ3) is 2.69. The second-order valence-corrected chi connectivity index (χ2v) is 6.23. The first kappa shape index (κ1) is 14.2.